The molecule has 0 radical (unpaired) electrons. The van der Waals surface area contributed by atoms with Gasteiger partial charge in [-0.05, 0) is 0 Å². The summed E-state index contributed by atoms with van der Waals surface area (Å²) >= 11 is 3.04. The maximum absolute atomic E-state index is 5.49. The molecule has 0 fully saturated rings. The highest BCUT2D eigenvalue weighted by Crippen LogP contribution is 2.28. The van der Waals surface area contributed by atoms with Crippen molar-refractivity contribution >= 4 is 28.2 Å². The van der Waals surface area contributed by atoms with Crippen molar-refractivity contribution in [2.45, 2.75) is 16.9 Å². The number of nitrogen functional groups attached to an aromatic ring is 1. The average Bonchev–Trinajstić information content (AvgIpc) is 2.72. The molecule has 0 aromatic carbocycles. The smallest absolute Gasteiger partial charge is 0.226 e. The summed E-state index contributed by atoms with van der Waals surface area (Å²) in [6.07, 6.45) is 1.74. The Hall–Kier alpha value is -1.08. The average molecular weight is 228 g/mol. The van der Waals surface area contributed by atoms with Crippen molar-refractivity contribution in [1.82, 2.24) is 15.2 Å². The molecule has 0 saturated heterocycles. The Morgan fingerprint density at radius 1 is 1.57 bits per heavy atom. The highest BCUT2D eigenvalue weighted by atomic mass is 32.2. The van der Waals surface area contributed by atoms with E-state index in [2.05, 4.69) is 15.2 Å². The molecule has 0 unspecified atom stereocenters. The number of nitrogens with two attached hydrogens (primary N) is 1. The number of aromatic nitrogens is 3. The molecule has 0 bridgehead atoms. The first-order valence-electron chi connectivity index (χ1n) is 3.87. The lowest BCUT2D eigenvalue weighted by molar-refractivity contribution is 0.485. The first kappa shape index (κ1) is 9.47. The van der Waals surface area contributed by atoms with Crippen LogP contribution in [-0.4, -0.2) is 15.2 Å². The zero-order chi connectivity index (χ0) is 9.97. The van der Waals surface area contributed by atoms with E-state index in [1.165, 1.54) is 11.3 Å². The molecule has 74 valence electrons. The zero-order valence-corrected chi connectivity index (χ0v) is 9.06. The van der Waals surface area contributed by atoms with E-state index in [4.69, 9.17) is 10.2 Å². The first-order valence-corrected chi connectivity index (χ1v) is 5.67. The number of anilines is 1. The molecule has 2 heterocycles. The Bertz CT molecular complexity index is 385. The van der Waals surface area contributed by atoms with E-state index in [-0.39, 0.29) is 0 Å². The second kappa shape index (κ2) is 3.97. The predicted octanol–water partition coefficient (Wildman–Crippen LogP) is 1.71. The summed E-state index contributed by atoms with van der Waals surface area (Å²) in [5, 5.41) is 8.20. The molecular formula is C7H8N4OS2. The highest BCUT2D eigenvalue weighted by molar-refractivity contribution is 8.00. The van der Waals surface area contributed by atoms with Gasteiger partial charge < -0.3 is 10.2 Å². The van der Waals surface area contributed by atoms with E-state index >= 15 is 0 Å². The Kier molecular flexibility index (Phi) is 2.69. The number of hydrogen-bond acceptors (Lipinski definition) is 7. The van der Waals surface area contributed by atoms with Gasteiger partial charge in [0.1, 0.15) is 0 Å². The molecule has 2 aromatic heterocycles. The summed E-state index contributed by atoms with van der Waals surface area (Å²) in [4.78, 5) is 3.94. The maximum Gasteiger partial charge on any atom is 0.226 e. The molecule has 5 nitrogen and oxygen atoms in total. The second-order valence-corrected chi connectivity index (χ2v) is 4.86. The van der Waals surface area contributed by atoms with Crippen molar-refractivity contribution in [3.63, 3.8) is 0 Å². The SMILES string of the molecule is Cc1nnc(CSc2cnc(N)s2)o1. The molecule has 7 heteroatoms. The molecule has 0 spiro atoms. The fourth-order valence-corrected chi connectivity index (χ4v) is 2.46. The third kappa shape index (κ3) is 2.24. The van der Waals surface area contributed by atoms with Gasteiger partial charge in [0.25, 0.3) is 0 Å². The molecule has 14 heavy (non-hydrogen) atoms. The maximum atomic E-state index is 5.49. The van der Waals surface area contributed by atoms with Gasteiger partial charge in [-0.3, -0.25) is 0 Å². The third-order valence-corrected chi connectivity index (χ3v) is 3.41. The largest absolute Gasteiger partial charge is 0.425 e. The van der Waals surface area contributed by atoms with E-state index in [9.17, 15) is 0 Å². The van der Waals surface area contributed by atoms with Crippen LogP contribution in [0.2, 0.25) is 0 Å². The lowest BCUT2D eigenvalue weighted by atomic mass is 10.8. The number of thiazole rings is 1. The van der Waals surface area contributed by atoms with Crippen LogP contribution >= 0.6 is 23.1 Å². The normalized spacial score (nSPS) is 10.6. The Balaban J connectivity index is 1.94. The third-order valence-electron chi connectivity index (χ3n) is 1.41. The lowest BCUT2D eigenvalue weighted by Crippen LogP contribution is -1.78. The van der Waals surface area contributed by atoms with E-state index < -0.39 is 0 Å². The van der Waals surface area contributed by atoms with Crippen molar-refractivity contribution in [1.29, 1.82) is 0 Å². The fourth-order valence-electron chi connectivity index (χ4n) is 0.868. The summed E-state index contributed by atoms with van der Waals surface area (Å²) < 4.78 is 6.28. The minimum absolute atomic E-state index is 0.578. The fraction of sp³-hybridized carbons (Fsp3) is 0.286. The van der Waals surface area contributed by atoms with Crippen molar-refractivity contribution in [2.75, 3.05) is 5.73 Å². The topological polar surface area (TPSA) is 77.8 Å². The molecule has 0 amide bonds. The number of aryl methyl sites for hydroxylation is 1. The summed E-state index contributed by atoms with van der Waals surface area (Å²) in [5.74, 6) is 1.87. The van der Waals surface area contributed by atoms with Gasteiger partial charge in [-0.2, -0.15) is 0 Å². The van der Waals surface area contributed by atoms with Crippen LogP contribution in [0.25, 0.3) is 0 Å². The molecule has 0 aliphatic heterocycles. The van der Waals surface area contributed by atoms with Crippen LogP contribution in [0.1, 0.15) is 11.8 Å². The van der Waals surface area contributed by atoms with Crippen LogP contribution in [0.5, 0.6) is 0 Å². The number of nitrogens with zero attached hydrogens (tertiary/aromatic N) is 3. The Morgan fingerprint density at radius 3 is 3.00 bits per heavy atom. The monoisotopic (exact) mass is 228 g/mol. The van der Waals surface area contributed by atoms with Crippen molar-refractivity contribution in [3.8, 4) is 0 Å². The molecule has 0 atom stereocenters. The molecule has 0 aliphatic carbocycles. The molecule has 0 aliphatic rings. The lowest BCUT2D eigenvalue weighted by Gasteiger charge is -1.90. The van der Waals surface area contributed by atoms with Crippen molar-refractivity contribution in [2.24, 2.45) is 0 Å². The van der Waals surface area contributed by atoms with E-state index in [0.717, 1.165) is 4.21 Å². The molecular weight excluding hydrogens is 220 g/mol. The Labute approximate surface area is 88.7 Å². The molecule has 2 N–H and O–H groups in total. The van der Waals surface area contributed by atoms with Gasteiger partial charge in [0.15, 0.2) is 5.13 Å². The molecule has 2 aromatic rings. The standard InChI is InChI=1S/C7H8N4OS2/c1-4-10-11-5(12-4)3-13-6-2-9-7(8)14-6/h2H,3H2,1H3,(H2,8,9). The van der Waals surface area contributed by atoms with Crippen LogP contribution in [0.15, 0.2) is 14.8 Å². The van der Waals surface area contributed by atoms with Gasteiger partial charge in [0.05, 0.1) is 16.2 Å². The van der Waals surface area contributed by atoms with Crippen molar-refractivity contribution in [3.05, 3.63) is 18.0 Å². The minimum atomic E-state index is 0.578. The molecule has 0 saturated carbocycles. The van der Waals surface area contributed by atoms with Crippen molar-refractivity contribution < 1.29 is 4.42 Å². The minimum Gasteiger partial charge on any atom is -0.425 e. The van der Waals surface area contributed by atoms with E-state index in [0.29, 0.717) is 22.7 Å². The van der Waals surface area contributed by atoms with Gasteiger partial charge in [-0.15, -0.1) is 22.0 Å². The van der Waals surface area contributed by atoms with Crippen LogP contribution in [-0.2, 0) is 5.75 Å². The van der Waals surface area contributed by atoms with Gasteiger partial charge in [-0.25, -0.2) is 4.98 Å². The predicted molar refractivity (Wildman–Crippen MR) is 55.1 cm³/mol. The van der Waals surface area contributed by atoms with E-state index in [1.54, 1.807) is 24.9 Å². The number of rotatable bonds is 3. The Morgan fingerprint density at radius 2 is 2.43 bits per heavy atom. The zero-order valence-electron chi connectivity index (χ0n) is 7.43. The summed E-state index contributed by atoms with van der Waals surface area (Å²) in [7, 11) is 0. The summed E-state index contributed by atoms with van der Waals surface area (Å²) in [6.45, 7) is 1.77. The van der Waals surface area contributed by atoms with Crippen LogP contribution in [0.4, 0.5) is 5.13 Å². The summed E-state index contributed by atoms with van der Waals surface area (Å²) in [6, 6.07) is 0. The van der Waals surface area contributed by atoms with E-state index in [1.807, 2.05) is 0 Å². The van der Waals surface area contributed by atoms with Crippen LogP contribution in [0, 0.1) is 6.92 Å². The second-order valence-electron chi connectivity index (χ2n) is 2.52. The van der Waals surface area contributed by atoms with Crippen LogP contribution < -0.4 is 5.73 Å². The van der Waals surface area contributed by atoms with Gasteiger partial charge in [-0.1, -0.05) is 11.3 Å². The number of thioether (sulfide) groups is 1. The number of hydrogen-bond donors (Lipinski definition) is 1. The quantitative estimate of drug-likeness (QED) is 0.806. The summed E-state index contributed by atoms with van der Waals surface area (Å²) in [5.41, 5.74) is 5.49. The van der Waals surface area contributed by atoms with Gasteiger partial charge >= 0.3 is 0 Å². The highest BCUT2D eigenvalue weighted by Gasteiger charge is 2.05. The van der Waals surface area contributed by atoms with Gasteiger partial charge in [0.2, 0.25) is 11.8 Å². The molecule has 2 rings (SSSR count). The van der Waals surface area contributed by atoms with Crippen LogP contribution in [0.3, 0.4) is 0 Å². The van der Waals surface area contributed by atoms with Gasteiger partial charge in [0, 0.05) is 6.92 Å². The first-order chi connectivity index (χ1) is 6.74.